The van der Waals surface area contributed by atoms with Crippen LogP contribution in [0, 0.1) is 5.41 Å². The number of piperidine rings is 1. The second-order valence-corrected chi connectivity index (χ2v) is 9.78. The van der Waals surface area contributed by atoms with Crippen LogP contribution in [0.2, 0.25) is 0 Å². The average Bonchev–Trinajstić information content (AvgIpc) is 2.95. The first-order valence-electron chi connectivity index (χ1n) is 8.98. The van der Waals surface area contributed by atoms with Gasteiger partial charge in [-0.25, -0.2) is 13.4 Å². The molecule has 6 nitrogen and oxygen atoms in total. The molecule has 3 heterocycles. The Hall–Kier alpha value is -1.18. The first kappa shape index (κ1) is 18.6. The molecule has 0 bridgehead atoms. The van der Waals surface area contributed by atoms with E-state index in [0.717, 1.165) is 44.2 Å². The third kappa shape index (κ3) is 4.92. The topological polar surface area (TPSA) is 62.7 Å². The molecule has 25 heavy (non-hydrogen) atoms. The van der Waals surface area contributed by atoms with Crippen LogP contribution in [0.25, 0.3) is 0 Å². The van der Waals surface area contributed by atoms with Crippen LogP contribution >= 0.6 is 0 Å². The monoisotopic (exact) mass is 367 g/mol. The Bertz CT molecular complexity index is 677. The van der Waals surface area contributed by atoms with Gasteiger partial charge in [-0.15, -0.1) is 0 Å². The number of likely N-dealkylation sites (tertiary alicyclic amines) is 1. The van der Waals surface area contributed by atoms with Gasteiger partial charge in [-0.2, -0.15) is 0 Å². The number of rotatable bonds is 6. The minimum absolute atomic E-state index is 0.0542. The van der Waals surface area contributed by atoms with E-state index in [9.17, 15) is 8.42 Å². The SMILES string of the molecule is COCCN1CCCC2(CCN(c3ccc(CS(C)(=O)=O)cn3)C2)C1. The summed E-state index contributed by atoms with van der Waals surface area (Å²) in [5, 5.41) is 0. The van der Waals surface area contributed by atoms with Gasteiger partial charge in [0.05, 0.1) is 12.4 Å². The van der Waals surface area contributed by atoms with Crippen molar-refractivity contribution in [2.24, 2.45) is 5.41 Å². The standard InChI is InChI=1S/C18H29N3O3S/c1-24-11-10-20-8-3-6-18(14-20)7-9-21(15-18)17-5-4-16(12-19-17)13-25(2,22)23/h4-5,12H,3,6-11,13-15H2,1-2H3. The van der Waals surface area contributed by atoms with E-state index in [0.29, 0.717) is 5.41 Å². The third-order valence-corrected chi connectivity index (χ3v) is 6.21. The highest BCUT2D eigenvalue weighted by Crippen LogP contribution is 2.40. The van der Waals surface area contributed by atoms with E-state index >= 15 is 0 Å². The highest BCUT2D eigenvalue weighted by molar-refractivity contribution is 7.89. The lowest BCUT2D eigenvalue weighted by Gasteiger charge is -2.40. The molecule has 0 aromatic carbocycles. The molecule has 1 aromatic heterocycles. The Morgan fingerprint density at radius 2 is 2.08 bits per heavy atom. The maximum Gasteiger partial charge on any atom is 0.151 e. The molecule has 1 atom stereocenters. The van der Waals surface area contributed by atoms with Gasteiger partial charge in [-0.05, 0) is 37.4 Å². The number of aromatic nitrogens is 1. The second-order valence-electron chi connectivity index (χ2n) is 7.64. The van der Waals surface area contributed by atoms with E-state index in [-0.39, 0.29) is 5.75 Å². The van der Waals surface area contributed by atoms with E-state index in [4.69, 9.17) is 4.74 Å². The van der Waals surface area contributed by atoms with Crippen molar-refractivity contribution in [3.8, 4) is 0 Å². The van der Waals surface area contributed by atoms with Gasteiger partial charge < -0.3 is 14.5 Å². The van der Waals surface area contributed by atoms with Crippen LogP contribution in [0.1, 0.15) is 24.8 Å². The second kappa shape index (κ2) is 7.60. The molecular weight excluding hydrogens is 338 g/mol. The normalized spacial score (nSPS) is 25.0. The van der Waals surface area contributed by atoms with Gasteiger partial charge in [-0.1, -0.05) is 6.07 Å². The van der Waals surface area contributed by atoms with Crippen LogP contribution in [0.5, 0.6) is 0 Å². The fourth-order valence-corrected chi connectivity index (χ4v) is 4.95. The summed E-state index contributed by atoms with van der Waals surface area (Å²) in [4.78, 5) is 9.40. The van der Waals surface area contributed by atoms with Crippen LogP contribution < -0.4 is 4.90 Å². The predicted octanol–water partition coefficient (Wildman–Crippen LogP) is 1.56. The zero-order chi connectivity index (χ0) is 17.9. The molecule has 0 radical (unpaired) electrons. The van der Waals surface area contributed by atoms with Gasteiger partial charge in [0.25, 0.3) is 0 Å². The smallest absolute Gasteiger partial charge is 0.151 e. The number of sulfone groups is 1. The molecule has 0 amide bonds. The Morgan fingerprint density at radius 1 is 1.24 bits per heavy atom. The Kier molecular flexibility index (Phi) is 5.65. The number of hydrogen-bond donors (Lipinski definition) is 0. The summed E-state index contributed by atoms with van der Waals surface area (Å²) in [6.07, 6.45) is 6.68. The quantitative estimate of drug-likeness (QED) is 0.760. The highest BCUT2D eigenvalue weighted by atomic mass is 32.2. The lowest BCUT2D eigenvalue weighted by molar-refractivity contribution is 0.0756. The summed E-state index contributed by atoms with van der Waals surface area (Å²) >= 11 is 0. The zero-order valence-corrected chi connectivity index (χ0v) is 16.1. The van der Waals surface area contributed by atoms with E-state index in [1.54, 1.807) is 13.3 Å². The number of ether oxygens (including phenoxy) is 1. The molecule has 7 heteroatoms. The van der Waals surface area contributed by atoms with E-state index in [2.05, 4.69) is 14.8 Å². The molecule has 0 saturated carbocycles. The van der Waals surface area contributed by atoms with Crippen molar-refractivity contribution in [3.05, 3.63) is 23.9 Å². The summed E-state index contributed by atoms with van der Waals surface area (Å²) in [6.45, 7) is 6.17. The fraction of sp³-hybridized carbons (Fsp3) is 0.722. The number of pyridine rings is 1. The fourth-order valence-electron chi connectivity index (χ4n) is 4.18. The summed E-state index contributed by atoms with van der Waals surface area (Å²) in [7, 11) is -1.25. The van der Waals surface area contributed by atoms with Crippen LogP contribution in [0.15, 0.2) is 18.3 Å². The van der Waals surface area contributed by atoms with Crippen molar-refractivity contribution in [1.29, 1.82) is 0 Å². The lowest BCUT2D eigenvalue weighted by Crippen LogP contribution is -2.45. The molecule has 0 N–H and O–H groups in total. The van der Waals surface area contributed by atoms with Crippen molar-refractivity contribution in [1.82, 2.24) is 9.88 Å². The molecule has 2 fully saturated rings. The van der Waals surface area contributed by atoms with Gasteiger partial charge in [0.2, 0.25) is 0 Å². The largest absolute Gasteiger partial charge is 0.383 e. The van der Waals surface area contributed by atoms with Crippen molar-refractivity contribution in [2.45, 2.75) is 25.0 Å². The van der Waals surface area contributed by atoms with E-state index in [1.807, 2.05) is 12.1 Å². The molecule has 0 aliphatic carbocycles. The molecule has 2 aliphatic rings. The van der Waals surface area contributed by atoms with Gasteiger partial charge in [0.1, 0.15) is 5.82 Å². The average molecular weight is 368 g/mol. The summed E-state index contributed by atoms with van der Waals surface area (Å²) in [5.74, 6) is 1.02. The maximum atomic E-state index is 11.4. The van der Waals surface area contributed by atoms with Crippen LogP contribution in [0.4, 0.5) is 5.82 Å². The zero-order valence-electron chi connectivity index (χ0n) is 15.3. The van der Waals surface area contributed by atoms with Gasteiger partial charge in [0.15, 0.2) is 9.84 Å². The van der Waals surface area contributed by atoms with Crippen molar-refractivity contribution >= 4 is 15.7 Å². The minimum Gasteiger partial charge on any atom is -0.383 e. The summed E-state index contributed by atoms with van der Waals surface area (Å²) in [5.41, 5.74) is 1.11. The molecular formula is C18H29N3O3S. The van der Waals surface area contributed by atoms with Gasteiger partial charge >= 0.3 is 0 Å². The Balaban J connectivity index is 1.62. The molecule has 3 rings (SSSR count). The first-order chi connectivity index (χ1) is 11.9. The number of hydrogen-bond acceptors (Lipinski definition) is 6. The molecule has 2 saturated heterocycles. The van der Waals surface area contributed by atoms with Crippen LogP contribution in [-0.4, -0.2) is 71.0 Å². The Morgan fingerprint density at radius 3 is 2.76 bits per heavy atom. The molecule has 2 aliphatic heterocycles. The number of anilines is 1. The van der Waals surface area contributed by atoms with E-state index < -0.39 is 9.84 Å². The summed E-state index contributed by atoms with van der Waals surface area (Å²) in [6, 6.07) is 3.85. The van der Waals surface area contributed by atoms with Gasteiger partial charge in [0, 0.05) is 51.2 Å². The van der Waals surface area contributed by atoms with E-state index in [1.165, 1.54) is 32.1 Å². The first-order valence-corrected chi connectivity index (χ1v) is 11.0. The molecule has 1 aromatic rings. The number of methoxy groups -OCH3 is 1. The Labute approximate surface area is 151 Å². The maximum absolute atomic E-state index is 11.4. The molecule has 1 unspecified atom stereocenters. The highest BCUT2D eigenvalue weighted by Gasteiger charge is 2.41. The van der Waals surface area contributed by atoms with Crippen LogP contribution in [0.3, 0.4) is 0 Å². The van der Waals surface area contributed by atoms with Crippen molar-refractivity contribution < 1.29 is 13.2 Å². The van der Waals surface area contributed by atoms with Crippen LogP contribution in [-0.2, 0) is 20.3 Å². The van der Waals surface area contributed by atoms with Crippen molar-refractivity contribution in [3.63, 3.8) is 0 Å². The predicted molar refractivity (Wildman–Crippen MR) is 99.6 cm³/mol. The summed E-state index contributed by atoms with van der Waals surface area (Å²) < 4.78 is 28.0. The number of nitrogens with zero attached hydrogens (tertiary/aromatic N) is 3. The molecule has 140 valence electrons. The van der Waals surface area contributed by atoms with Gasteiger partial charge in [-0.3, -0.25) is 0 Å². The third-order valence-electron chi connectivity index (χ3n) is 5.35. The minimum atomic E-state index is -3.01. The lowest BCUT2D eigenvalue weighted by atomic mass is 9.79. The molecule has 1 spiro atoms. The van der Waals surface area contributed by atoms with Crippen molar-refractivity contribution in [2.75, 3.05) is 57.6 Å².